The lowest BCUT2D eigenvalue weighted by Gasteiger charge is -2.34. The minimum absolute atomic E-state index is 0.0751. The van der Waals surface area contributed by atoms with Gasteiger partial charge in [0.05, 0.1) is 15.9 Å². The molecule has 1 fully saturated rings. The van der Waals surface area contributed by atoms with E-state index in [1.807, 2.05) is 24.8 Å². The van der Waals surface area contributed by atoms with Crippen molar-refractivity contribution in [3.63, 3.8) is 0 Å². The summed E-state index contributed by atoms with van der Waals surface area (Å²) in [6.45, 7) is 7.67. The van der Waals surface area contributed by atoms with Crippen molar-refractivity contribution in [1.82, 2.24) is 19.7 Å². The molecule has 142 valence electrons. The van der Waals surface area contributed by atoms with Gasteiger partial charge < -0.3 is 9.80 Å². The average molecular weight is 402 g/mol. The minimum atomic E-state index is 0.0751. The van der Waals surface area contributed by atoms with E-state index in [0.717, 1.165) is 29.4 Å². The minimum Gasteiger partial charge on any atom is -0.345 e. The largest absolute Gasteiger partial charge is 0.345 e. The van der Waals surface area contributed by atoms with Crippen LogP contribution in [0.5, 0.6) is 0 Å². The molecule has 1 aliphatic heterocycles. The van der Waals surface area contributed by atoms with Crippen LogP contribution in [0.4, 0.5) is 5.13 Å². The van der Waals surface area contributed by atoms with Gasteiger partial charge in [-0.1, -0.05) is 17.4 Å². The number of thioether (sulfide) groups is 1. The van der Waals surface area contributed by atoms with E-state index in [-0.39, 0.29) is 5.91 Å². The van der Waals surface area contributed by atoms with E-state index in [9.17, 15) is 4.79 Å². The topological polar surface area (TPSA) is 54.3 Å². The summed E-state index contributed by atoms with van der Waals surface area (Å²) in [7, 11) is 0. The summed E-state index contributed by atoms with van der Waals surface area (Å²) < 4.78 is 3.01. The van der Waals surface area contributed by atoms with Crippen LogP contribution < -0.4 is 4.90 Å². The Morgan fingerprint density at radius 2 is 2.04 bits per heavy atom. The van der Waals surface area contributed by atoms with Crippen LogP contribution in [0.25, 0.3) is 10.2 Å². The molecule has 8 heteroatoms. The Bertz CT molecular complexity index is 972. The molecule has 0 bridgehead atoms. The molecule has 0 saturated carbocycles. The fourth-order valence-corrected chi connectivity index (χ4v) is 5.11. The lowest BCUT2D eigenvalue weighted by molar-refractivity contribution is 0.0734. The number of benzene rings is 1. The third-order valence-corrected chi connectivity index (χ3v) is 6.70. The summed E-state index contributed by atoms with van der Waals surface area (Å²) >= 11 is 3.46. The highest BCUT2D eigenvalue weighted by Crippen LogP contribution is 2.34. The van der Waals surface area contributed by atoms with Gasteiger partial charge >= 0.3 is 0 Å². The number of carbonyl (C=O) groups is 1. The molecule has 3 heterocycles. The van der Waals surface area contributed by atoms with E-state index in [0.29, 0.717) is 25.3 Å². The number of hydrogen-bond donors (Lipinski definition) is 0. The van der Waals surface area contributed by atoms with E-state index in [1.165, 1.54) is 9.60 Å². The number of fused-ring (bicyclic) bond motifs is 1. The number of aryl methyl sites for hydroxylation is 2. The molecule has 6 nitrogen and oxygen atoms in total. The smallest absolute Gasteiger partial charge is 0.272 e. The van der Waals surface area contributed by atoms with Crippen LogP contribution >= 0.6 is 23.1 Å². The van der Waals surface area contributed by atoms with Gasteiger partial charge in [0.2, 0.25) is 0 Å². The molecule has 0 spiro atoms. The van der Waals surface area contributed by atoms with Gasteiger partial charge in [-0.05, 0) is 38.3 Å². The van der Waals surface area contributed by atoms with Crippen molar-refractivity contribution in [3.8, 4) is 0 Å². The highest BCUT2D eigenvalue weighted by Gasteiger charge is 2.26. The standard InChI is InChI=1S/C19H23N5OS2/c1-4-24-14(12-13(2)21-24)18(25)22-8-10-23(11-9-22)19-20-17-15(26-3)6-5-7-16(17)27-19/h5-7,12H,4,8-11H2,1-3H3. The van der Waals surface area contributed by atoms with Gasteiger partial charge in [-0.3, -0.25) is 9.48 Å². The van der Waals surface area contributed by atoms with Crippen LogP contribution in [0, 0.1) is 6.92 Å². The quantitative estimate of drug-likeness (QED) is 0.626. The molecular formula is C19H23N5OS2. The Kier molecular flexibility index (Phi) is 5.10. The lowest BCUT2D eigenvalue weighted by atomic mass is 10.2. The number of aromatic nitrogens is 3. The summed E-state index contributed by atoms with van der Waals surface area (Å²) in [6, 6.07) is 8.22. The van der Waals surface area contributed by atoms with Crippen molar-refractivity contribution in [2.45, 2.75) is 25.3 Å². The summed E-state index contributed by atoms with van der Waals surface area (Å²) in [4.78, 5) is 23.2. The molecule has 4 rings (SSSR count). The van der Waals surface area contributed by atoms with Crippen LogP contribution in [0.3, 0.4) is 0 Å². The first-order chi connectivity index (χ1) is 13.1. The zero-order valence-electron chi connectivity index (χ0n) is 15.8. The van der Waals surface area contributed by atoms with Crippen molar-refractivity contribution in [2.24, 2.45) is 0 Å². The summed E-state index contributed by atoms with van der Waals surface area (Å²) in [6.07, 6.45) is 2.08. The van der Waals surface area contributed by atoms with E-state index < -0.39 is 0 Å². The van der Waals surface area contributed by atoms with E-state index in [1.54, 1.807) is 27.8 Å². The molecule has 1 saturated heterocycles. The monoisotopic (exact) mass is 401 g/mol. The van der Waals surface area contributed by atoms with Gasteiger partial charge in [-0.25, -0.2) is 4.98 Å². The molecule has 2 aromatic heterocycles. The molecule has 1 aromatic carbocycles. The summed E-state index contributed by atoms with van der Waals surface area (Å²) in [5, 5.41) is 5.45. The van der Waals surface area contributed by atoms with Crippen LogP contribution in [-0.4, -0.2) is 58.0 Å². The zero-order chi connectivity index (χ0) is 19.0. The van der Waals surface area contributed by atoms with Gasteiger partial charge in [0.25, 0.3) is 5.91 Å². The molecule has 27 heavy (non-hydrogen) atoms. The maximum Gasteiger partial charge on any atom is 0.272 e. The van der Waals surface area contributed by atoms with E-state index in [2.05, 4.69) is 34.5 Å². The number of para-hydroxylation sites is 1. The molecule has 1 amide bonds. The molecule has 0 unspecified atom stereocenters. The lowest BCUT2D eigenvalue weighted by Crippen LogP contribution is -2.49. The Morgan fingerprint density at radius 3 is 2.74 bits per heavy atom. The second kappa shape index (κ2) is 7.52. The third kappa shape index (κ3) is 3.43. The maximum absolute atomic E-state index is 12.9. The van der Waals surface area contributed by atoms with Crippen LogP contribution in [0.1, 0.15) is 23.1 Å². The van der Waals surface area contributed by atoms with Gasteiger partial charge in [-0.15, -0.1) is 11.8 Å². The normalized spacial score (nSPS) is 14.9. The number of amides is 1. The van der Waals surface area contributed by atoms with Gasteiger partial charge in [0.1, 0.15) is 5.69 Å². The first kappa shape index (κ1) is 18.3. The highest BCUT2D eigenvalue weighted by atomic mass is 32.2. The fraction of sp³-hybridized carbons (Fsp3) is 0.421. The van der Waals surface area contributed by atoms with Crippen LogP contribution in [-0.2, 0) is 6.54 Å². The number of nitrogens with zero attached hydrogens (tertiary/aromatic N) is 5. The second-order valence-electron chi connectivity index (χ2n) is 6.57. The van der Waals surface area contributed by atoms with E-state index >= 15 is 0 Å². The molecular weight excluding hydrogens is 378 g/mol. The van der Waals surface area contributed by atoms with E-state index in [4.69, 9.17) is 4.98 Å². The van der Waals surface area contributed by atoms with Crippen LogP contribution in [0.2, 0.25) is 0 Å². The van der Waals surface area contributed by atoms with Crippen molar-refractivity contribution in [2.75, 3.05) is 37.3 Å². The summed E-state index contributed by atoms with van der Waals surface area (Å²) in [5.74, 6) is 0.0751. The number of hydrogen-bond acceptors (Lipinski definition) is 6. The van der Waals surface area contributed by atoms with Crippen molar-refractivity contribution in [3.05, 3.63) is 35.7 Å². The number of thiazole rings is 1. The Morgan fingerprint density at radius 1 is 1.26 bits per heavy atom. The fourth-order valence-electron chi connectivity index (χ4n) is 3.43. The Balaban J connectivity index is 1.48. The van der Waals surface area contributed by atoms with Gasteiger partial charge in [-0.2, -0.15) is 5.10 Å². The molecule has 0 aliphatic carbocycles. The molecule has 0 N–H and O–H groups in total. The summed E-state index contributed by atoms with van der Waals surface area (Å²) in [5.41, 5.74) is 2.66. The average Bonchev–Trinajstić information content (AvgIpc) is 3.30. The van der Waals surface area contributed by atoms with Gasteiger partial charge in [0.15, 0.2) is 5.13 Å². The maximum atomic E-state index is 12.9. The molecule has 0 radical (unpaired) electrons. The number of carbonyl (C=O) groups excluding carboxylic acids is 1. The SMILES string of the molecule is CCn1nc(C)cc1C(=O)N1CCN(c2nc3c(SC)cccc3s2)CC1. The Labute approximate surface area is 167 Å². The van der Waals surface area contributed by atoms with Crippen molar-refractivity contribution >= 4 is 44.4 Å². The predicted octanol–water partition coefficient (Wildman–Crippen LogP) is 3.51. The van der Waals surface area contributed by atoms with Crippen molar-refractivity contribution < 1.29 is 4.79 Å². The zero-order valence-corrected chi connectivity index (χ0v) is 17.4. The Hall–Kier alpha value is -2.06. The highest BCUT2D eigenvalue weighted by molar-refractivity contribution is 7.98. The second-order valence-corrected chi connectivity index (χ2v) is 8.43. The first-order valence-corrected chi connectivity index (χ1v) is 11.2. The third-order valence-electron chi connectivity index (χ3n) is 4.85. The number of rotatable bonds is 4. The molecule has 0 atom stereocenters. The van der Waals surface area contributed by atoms with Crippen LogP contribution in [0.15, 0.2) is 29.2 Å². The molecule has 3 aromatic rings. The number of anilines is 1. The van der Waals surface area contributed by atoms with Gasteiger partial charge in [0, 0.05) is 37.6 Å². The molecule has 1 aliphatic rings. The number of piperazine rings is 1. The van der Waals surface area contributed by atoms with Crippen molar-refractivity contribution in [1.29, 1.82) is 0 Å². The predicted molar refractivity (Wildman–Crippen MR) is 112 cm³/mol. The first-order valence-electron chi connectivity index (χ1n) is 9.13.